The molecule has 2 aromatic rings. The molecule has 80 valence electrons. The van der Waals surface area contributed by atoms with Gasteiger partial charge in [0.25, 0.3) is 5.19 Å². The Morgan fingerprint density at radius 1 is 1.60 bits per heavy atom. The zero-order valence-corrected chi connectivity index (χ0v) is 11.6. The van der Waals surface area contributed by atoms with Crippen LogP contribution in [0.3, 0.4) is 0 Å². The summed E-state index contributed by atoms with van der Waals surface area (Å²) in [5.74, 6) is 0. The molecule has 0 aliphatic heterocycles. The lowest BCUT2D eigenvalue weighted by molar-refractivity contribution is 0.304. The molecule has 0 radical (unpaired) electrons. The SMILES string of the molecule is Cn1cc(Cl)c(COc2nc(I)cs2)c1. The van der Waals surface area contributed by atoms with Crippen molar-refractivity contribution in [2.24, 2.45) is 7.05 Å². The van der Waals surface area contributed by atoms with Gasteiger partial charge in [-0.3, -0.25) is 0 Å². The van der Waals surface area contributed by atoms with E-state index in [4.69, 9.17) is 16.3 Å². The lowest BCUT2D eigenvalue weighted by atomic mass is 10.4. The highest BCUT2D eigenvalue weighted by Gasteiger charge is 2.05. The summed E-state index contributed by atoms with van der Waals surface area (Å²) >= 11 is 9.64. The Hall–Kier alpha value is -0.270. The molecule has 0 N–H and O–H groups in total. The third kappa shape index (κ3) is 2.85. The Labute approximate surface area is 110 Å². The van der Waals surface area contributed by atoms with Gasteiger partial charge < -0.3 is 9.30 Å². The zero-order valence-electron chi connectivity index (χ0n) is 7.91. The van der Waals surface area contributed by atoms with E-state index in [-0.39, 0.29) is 0 Å². The number of hydrogen-bond donors (Lipinski definition) is 0. The number of halogens is 2. The number of nitrogens with zero attached hydrogens (tertiary/aromatic N) is 2. The molecule has 2 aromatic heterocycles. The van der Waals surface area contributed by atoms with Crippen molar-refractivity contribution in [1.82, 2.24) is 9.55 Å². The molecule has 0 aromatic carbocycles. The molecular weight excluding hydrogens is 347 g/mol. The fourth-order valence-corrected chi connectivity index (χ4v) is 2.71. The Balaban J connectivity index is 2.01. The molecule has 3 nitrogen and oxygen atoms in total. The highest BCUT2D eigenvalue weighted by Crippen LogP contribution is 2.22. The Bertz CT molecular complexity index is 468. The van der Waals surface area contributed by atoms with Gasteiger partial charge in [-0.2, -0.15) is 4.98 Å². The highest BCUT2D eigenvalue weighted by atomic mass is 127. The quantitative estimate of drug-likeness (QED) is 0.791. The van der Waals surface area contributed by atoms with E-state index < -0.39 is 0 Å². The maximum atomic E-state index is 6.00. The van der Waals surface area contributed by atoms with Gasteiger partial charge in [0.1, 0.15) is 10.3 Å². The molecule has 0 atom stereocenters. The van der Waals surface area contributed by atoms with Crippen LogP contribution in [0, 0.1) is 3.70 Å². The minimum Gasteiger partial charge on any atom is -0.465 e. The number of rotatable bonds is 3. The van der Waals surface area contributed by atoms with E-state index in [1.54, 1.807) is 0 Å². The first-order valence-corrected chi connectivity index (χ1v) is 6.53. The third-order valence-electron chi connectivity index (χ3n) is 1.79. The molecule has 15 heavy (non-hydrogen) atoms. The van der Waals surface area contributed by atoms with E-state index in [1.165, 1.54) is 11.3 Å². The maximum Gasteiger partial charge on any atom is 0.274 e. The Morgan fingerprint density at radius 2 is 2.40 bits per heavy atom. The molecular formula is C9H8ClIN2OS. The lowest BCUT2D eigenvalue weighted by Crippen LogP contribution is -1.94. The molecule has 0 spiro atoms. The summed E-state index contributed by atoms with van der Waals surface area (Å²) in [7, 11) is 1.93. The average molecular weight is 355 g/mol. The smallest absolute Gasteiger partial charge is 0.274 e. The van der Waals surface area contributed by atoms with E-state index in [1.807, 2.05) is 29.4 Å². The van der Waals surface area contributed by atoms with Crippen LogP contribution < -0.4 is 4.74 Å². The first kappa shape index (κ1) is 11.2. The zero-order chi connectivity index (χ0) is 10.8. The predicted octanol–water partition coefficient (Wildman–Crippen LogP) is 3.32. The summed E-state index contributed by atoms with van der Waals surface area (Å²) in [5.41, 5.74) is 0.976. The molecule has 2 heterocycles. The summed E-state index contributed by atoms with van der Waals surface area (Å²) in [6.45, 7) is 0.462. The number of hydrogen-bond acceptors (Lipinski definition) is 3. The molecule has 0 unspecified atom stereocenters. The van der Waals surface area contributed by atoms with E-state index in [2.05, 4.69) is 27.6 Å². The van der Waals surface area contributed by atoms with Crippen molar-refractivity contribution >= 4 is 45.5 Å². The van der Waals surface area contributed by atoms with Crippen molar-refractivity contribution in [2.45, 2.75) is 6.61 Å². The second-order valence-electron chi connectivity index (χ2n) is 3.02. The monoisotopic (exact) mass is 354 g/mol. The van der Waals surface area contributed by atoms with E-state index in [9.17, 15) is 0 Å². The maximum absolute atomic E-state index is 6.00. The molecule has 6 heteroatoms. The molecule has 0 aliphatic rings. The molecule has 0 fully saturated rings. The lowest BCUT2D eigenvalue weighted by Gasteiger charge is -1.99. The summed E-state index contributed by atoms with van der Waals surface area (Å²) in [6, 6.07) is 0. The van der Waals surface area contributed by atoms with Gasteiger partial charge in [-0.25, -0.2) is 0 Å². The fourth-order valence-electron chi connectivity index (χ4n) is 1.16. The normalized spacial score (nSPS) is 10.6. The highest BCUT2D eigenvalue weighted by molar-refractivity contribution is 14.1. The van der Waals surface area contributed by atoms with Gasteiger partial charge >= 0.3 is 0 Å². The van der Waals surface area contributed by atoms with Gasteiger partial charge in [-0.1, -0.05) is 22.9 Å². The predicted molar refractivity (Wildman–Crippen MR) is 69.6 cm³/mol. The van der Waals surface area contributed by atoms with Crippen LogP contribution in [0.2, 0.25) is 5.02 Å². The minimum atomic E-state index is 0.462. The summed E-state index contributed by atoms with van der Waals surface area (Å²) in [4.78, 5) is 4.20. The van der Waals surface area contributed by atoms with Crippen LogP contribution in [-0.4, -0.2) is 9.55 Å². The Morgan fingerprint density at radius 3 is 2.93 bits per heavy atom. The molecule has 2 rings (SSSR count). The second kappa shape index (κ2) is 4.71. The van der Waals surface area contributed by atoms with Crippen LogP contribution in [0.25, 0.3) is 0 Å². The van der Waals surface area contributed by atoms with Crippen LogP contribution in [0.1, 0.15) is 5.56 Å². The van der Waals surface area contributed by atoms with Crippen molar-refractivity contribution in [3.05, 3.63) is 32.1 Å². The number of aromatic nitrogens is 2. The van der Waals surface area contributed by atoms with Crippen LogP contribution >= 0.6 is 45.5 Å². The molecule has 0 saturated heterocycles. The topological polar surface area (TPSA) is 27.1 Å². The largest absolute Gasteiger partial charge is 0.465 e. The van der Waals surface area contributed by atoms with Crippen LogP contribution in [0.4, 0.5) is 0 Å². The van der Waals surface area contributed by atoms with E-state index >= 15 is 0 Å². The summed E-state index contributed by atoms with van der Waals surface area (Å²) in [6.07, 6.45) is 3.80. The van der Waals surface area contributed by atoms with Gasteiger partial charge in [-0.15, -0.1) is 0 Å². The van der Waals surface area contributed by atoms with Gasteiger partial charge in [0.05, 0.1) is 5.02 Å². The van der Waals surface area contributed by atoms with Crippen molar-refractivity contribution in [1.29, 1.82) is 0 Å². The van der Waals surface area contributed by atoms with Crippen LogP contribution in [-0.2, 0) is 13.7 Å². The standard InChI is InChI=1S/C9H8ClIN2OS/c1-13-2-6(7(10)3-13)4-14-9-12-8(11)5-15-9/h2-3,5H,4H2,1H3. The van der Waals surface area contributed by atoms with Crippen LogP contribution in [0.5, 0.6) is 5.19 Å². The summed E-state index contributed by atoms with van der Waals surface area (Å²) in [5, 5.41) is 3.35. The van der Waals surface area contributed by atoms with Crippen molar-refractivity contribution in [3.63, 3.8) is 0 Å². The van der Waals surface area contributed by atoms with Gasteiger partial charge in [0, 0.05) is 30.4 Å². The number of ether oxygens (including phenoxy) is 1. The average Bonchev–Trinajstić information content (AvgIpc) is 2.70. The number of aryl methyl sites for hydroxylation is 1. The van der Waals surface area contributed by atoms with Crippen molar-refractivity contribution < 1.29 is 4.74 Å². The first-order valence-electron chi connectivity index (χ1n) is 4.19. The van der Waals surface area contributed by atoms with E-state index in [0.717, 1.165) is 14.3 Å². The van der Waals surface area contributed by atoms with Gasteiger partial charge in [0.15, 0.2) is 0 Å². The van der Waals surface area contributed by atoms with E-state index in [0.29, 0.717) is 11.8 Å². The van der Waals surface area contributed by atoms with Gasteiger partial charge in [-0.05, 0) is 22.6 Å². The Kier molecular flexibility index (Phi) is 3.53. The molecule has 0 aliphatic carbocycles. The fraction of sp³-hybridized carbons (Fsp3) is 0.222. The number of thiazole rings is 1. The van der Waals surface area contributed by atoms with Crippen LogP contribution in [0.15, 0.2) is 17.8 Å². The van der Waals surface area contributed by atoms with Crippen molar-refractivity contribution in [3.8, 4) is 5.19 Å². The second-order valence-corrected chi connectivity index (χ2v) is 5.35. The summed E-state index contributed by atoms with van der Waals surface area (Å²) < 4.78 is 8.37. The molecule has 0 saturated carbocycles. The third-order valence-corrected chi connectivity index (χ3v) is 3.86. The minimum absolute atomic E-state index is 0.462. The molecule has 0 amide bonds. The molecule has 0 bridgehead atoms. The van der Waals surface area contributed by atoms with Gasteiger partial charge in [0.2, 0.25) is 0 Å². The van der Waals surface area contributed by atoms with Crippen molar-refractivity contribution in [2.75, 3.05) is 0 Å². The first-order chi connectivity index (χ1) is 7.15.